The van der Waals surface area contributed by atoms with Gasteiger partial charge in [-0.15, -0.1) is 12.4 Å². The predicted octanol–water partition coefficient (Wildman–Crippen LogP) is 3.74. The molecule has 1 heterocycles. The number of fused-ring (bicyclic) bond motifs is 1. The Labute approximate surface area is 140 Å². The minimum absolute atomic E-state index is 0. The van der Waals surface area contributed by atoms with Crippen molar-refractivity contribution in [2.45, 2.75) is 17.2 Å². The van der Waals surface area contributed by atoms with Gasteiger partial charge < -0.3 is 9.80 Å². The van der Waals surface area contributed by atoms with Crippen molar-refractivity contribution < 1.29 is 4.21 Å². The molecule has 0 saturated heterocycles. The zero-order chi connectivity index (χ0) is 15.1. The van der Waals surface area contributed by atoms with Crippen LogP contribution in [-0.2, 0) is 10.8 Å². The van der Waals surface area contributed by atoms with Gasteiger partial charge in [-0.2, -0.15) is 0 Å². The molecule has 0 spiro atoms. The normalized spacial score (nSPS) is 19.5. The molecule has 0 N–H and O–H groups in total. The summed E-state index contributed by atoms with van der Waals surface area (Å²) in [5.41, 5.74) is 4.47. The Bertz CT molecular complexity index is 700. The summed E-state index contributed by atoms with van der Waals surface area (Å²) >= 11 is 0. The molecule has 3 nitrogen and oxygen atoms in total. The average molecular weight is 337 g/mol. The molecule has 3 rings (SSSR count). The highest BCUT2D eigenvalue weighted by atomic mass is 35.5. The van der Waals surface area contributed by atoms with Crippen molar-refractivity contribution in [2.75, 3.05) is 30.9 Å². The minimum Gasteiger partial charge on any atom is -0.378 e. The third kappa shape index (κ3) is 2.73. The first kappa shape index (κ1) is 16.8. The van der Waals surface area contributed by atoms with Crippen molar-refractivity contribution in [2.24, 2.45) is 0 Å². The Kier molecular flexibility index (Phi) is 4.83. The first-order chi connectivity index (χ1) is 9.99. The lowest BCUT2D eigenvalue weighted by Crippen LogP contribution is -2.21. The number of nitrogens with zero attached hydrogens (tertiary/aromatic N) is 2. The van der Waals surface area contributed by atoms with Crippen LogP contribution in [0, 0.1) is 6.92 Å². The largest absolute Gasteiger partial charge is 0.378 e. The molecule has 2 aromatic carbocycles. The second kappa shape index (κ2) is 6.31. The summed E-state index contributed by atoms with van der Waals surface area (Å²) < 4.78 is 12.8. The molecule has 2 atom stereocenters. The molecule has 0 fully saturated rings. The SMILES string of the molecule is Cc1ccc2c(c1)S(=O)C(c1ccc(N(C)C)cc1)N2C.Cl. The Balaban J connectivity index is 0.00000176. The fourth-order valence-electron chi connectivity index (χ4n) is 2.75. The number of hydrogen-bond donors (Lipinski definition) is 0. The van der Waals surface area contributed by atoms with Crippen LogP contribution in [0.25, 0.3) is 0 Å². The highest BCUT2D eigenvalue weighted by molar-refractivity contribution is 7.86. The molecule has 1 aliphatic rings. The van der Waals surface area contributed by atoms with Crippen LogP contribution in [0.4, 0.5) is 11.4 Å². The first-order valence-electron chi connectivity index (χ1n) is 7.00. The summed E-state index contributed by atoms with van der Waals surface area (Å²) in [6.07, 6.45) is 0. The van der Waals surface area contributed by atoms with Crippen LogP contribution in [0.3, 0.4) is 0 Å². The Hall–Kier alpha value is -1.52. The number of hydrogen-bond acceptors (Lipinski definition) is 3. The highest BCUT2D eigenvalue weighted by Crippen LogP contribution is 2.43. The quantitative estimate of drug-likeness (QED) is 0.834. The topological polar surface area (TPSA) is 23.6 Å². The van der Waals surface area contributed by atoms with Crippen molar-refractivity contribution in [1.82, 2.24) is 0 Å². The molecule has 1 aliphatic heterocycles. The van der Waals surface area contributed by atoms with E-state index in [1.54, 1.807) is 0 Å². The van der Waals surface area contributed by atoms with Crippen LogP contribution in [0.2, 0.25) is 0 Å². The first-order valence-corrected chi connectivity index (χ1v) is 8.21. The summed E-state index contributed by atoms with van der Waals surface area (Å²) in [6.45, 7) is 2.04. The van der Waals surface area contributed by atoms with Crippen LogP contribution < -0.4 is 9.80 Å². The smallest absolute Gasteiger partial charge is 0.135 e. The maximum absolute atomic E-state index is 12.8. The monoisotopic (exact) mass is 336 g/mol. The van der Waals surface area contributed by atoms with Crippen LogP contribution in [0.1, 0.15) is 16.5 Å². The van der Waals surface area contributed by atoms with E-state index in [0.29, 0.717) is 0 Å². The summed E-state index contributed by atoms with van der Waals surface area (Å²) in [4.78, 5) is 5.13. The summed E-state index contributed by atoms with van der Waals surface area (Å²) in [5.74, 6) is 0. The van der Waals surface area contributed by atoms with Gasteiger partial charge in [0.15, 0.2) is 0 Å². The molecule has 5 heteroatoms. The average Bonchev–Trinajstić information content (AvgIpc) is 2.70. The Morgan fingerprint density at radius 3 is 2.32 bits per heavy atom. The van der Waals surface area contributed by atoms with Crippen LogP contribution >= 0.6 is 12.4 Å². The van der Waals surface area contributed by atoms with Crippen molar-refractivity contribution in [3.63, 3.8) is 0 Å². The summed E-state index contributed by atoms with van der Waals surface area (Å²) in [6, 6.07) is 14.5. The number of aryl methyl sites for hydroxylation is 1. The summed E-state index contributed by atoms with van der Waals surface area (Å²) in [5, 5.41) is -0.0991. The molecule has 22 heavy (non-hydrogen) atoms. The number of rotatable bonds is 2. The fraction of sp³-hybridized carbons (Fsp3) is 0.294. The second-order valence-electron chi connectivity index (χ2n) is 5.72. The lowest BCUT2D eigenvalue weighted by atomic mass is 10.1. The van der Waals surface area contributed by atoms with E-state index >= 15 is 0 Å². The minimum atomic E-state index is -1.03. The van der Waals surface area contributed by atoms with E-state index in [-0.39, 0.29) is 17.8 Å². The van der Waals surface area contributed by atoms with Crippen molar-refractivity contribution in [3.8, 4) is 0 Å². The maximum Gasteiger partial charge on any atom is 0.135 e. The van der Waals surface area contributed by atoms with Gasteiger partial charge in [-0.25, -0.2) is 0 Å². The Morgan fingerprint density at radius 1 is 1.09 bits per heavy atom. The molecule has 0 aromatic heterocycles. The number of benzene rings is 2. The van der Waals surface area contributed by atoms with E-state index in [1.165, 1.54) is 0 Å². The van der Waals surface area contributed by atoms with Crippen molar-refractivity contribution in [3.05, 3.63) is 53.6 Å². The molecular formula is C17H21ClN2OS. The van der Waals surface area contributed by atoms with Gasteiger partial charge in [0.25, 0.3) is 0 Å². The lowest BCUT2D eigenvalue weighted by molar-refractivity contribution is 0.676. The summed E-state index contributed by atoms with van der Waals surface area (Å²) in [7, 11) is 5.03. The maximum atomic E-state index is 12.8. The van der Waals surface area contributed by atoms with E-state index in [2.05, 4.69) is 46.2 Å². The van der Waals surface area contributed by atoms with Crippen molar-refractivity contribution in [1.29, 1.82) is 0 Å². The molecule has 118 valence electrons. The molecule has 0 radical (unpaired) electrons. The molecule has 2 aromatic rings. The van der Waals surface area contributed by atoms with Gasteiger partial charge >= 0.3 is 0 Å². The van der Waals surface area contributed by atoms with E-state index in [0.717, 1.165) is 27.4 Å². The van der Waals surface area contributed by atoms with Gasteiger partial charge in [-0.3, -0.25) is 4.21 Å². The van der Waals surface area contributed by atoms with Gasteiger partial charge in [0, 0.05) is 26.8 Å². The lowest BCUT2D eigenvalue weighted by Gasteiger charge is -2.22. The van der Waals surface area contributed by atoms with E-state index in [1.807, 2.05) is 34.1 Å². The number of halogens is 1. The van der Waals surface area contributed by atoms with Gasteiger partial charge in [-0.05, 0) is 42.3 Å². The fourth-order valence-corrected chi connectivity index (χ4v) is 4.51. The van der Waals surface area contributed by atoms with E-state index < -0.39 is 10.8 Å². The standard InChI is InChI=1S/C17H20N2OS.ClH/c1-12-5-10-15-16(11-12)21(20)17(19(15)4)13-6-8-14(9-7-13)18(2)3;/h5-11,17H,1-4H3;1H. The third-order valence-corrected chi connectivity index (χ3v) is 5.72. The predicted molar refractivity (Wildman–Crippen MR) is 96.7 cm³/mol. The van der Waals surface area contributed by atoms with Crippen LogP contribution in [0.15, 0.2) is 47.4 Å². The zero-order valence-electron chi connectivity index (χ0n) is 13.2. The number of anilines is 2. The van der Waals surface area contributed by atoms with Crippen molar-refractivity contribution >= 4 is 34.6 Å². The second-order valence-corrected chi connectivity index (χ2v) is 7.20. The van der Waals surface area contributed by atoms with Crippen LogP contribution in [-0.4, -0.2) is 25.4 Å². The van der Waals surface area contributed by atoms with E-state index in [4.69, 9.17) is 0 Å². The molecule has 0 aliphatic carbocycles. The molecular weight excluding hydrogens is 316 g/mol. The van der Waals surface area contributed by atoms with Gasteiger partial charge in [-0.1, -0.05) is 18.2 Å². The highest BCUT2D eigenvalue weighted by Gasteiger charge is 2.34. The molecule has 0 bridgehead atoms. The van der Waals surface area contributed by atoms with Crippen LogP contribution in [0.5, 0.6) is 0 Å². The zero-order valence-corrected chi connectivity index (χ0v) is 14.9. The molecule has 2 unspecified atom stereocenters. The third-order valence-electron chi connectivity index (χ3n) is 3.96. The van der Waals surface area contributed by atoms with Gasteiger partial charge in [0.1, 0.15) is 5.37 Å². The van der Waals surface area contributed by atoms with Gasteiger partial charge in [0.05, 0.1) is 21.4 Å². The van der Waals surface area contributed by atoms with Gasteiger partial charge in [0.2, 0.25) is 0 Å². The molecule has 0 saturated carbocycles. The molecule has 0 amide bonds. The van der Waals surface area contributed by atoms with E-state index in [9.17, 15) is 4.21 Å². The Morgan fingerprint density at radius 2 is 1.73 bits per heavy atom.